The molecule has 1 saturated heterocycles. The van der Waals surface area contributed by atoms with Crippen LogP contribution in [-0.4, -0.2) is 75.5 Å². The molecule has 0 aromatic heterocycles. The summed E-state index contributed by atoms with van der Waals surface area (Å²) in [6.45, 7) is 0.223. The summed E-state index contributed by atoms with van der Waals surface area (Å²) in [5.41, 5.74) is 7.50. The van der Waals surface area contributed by atoms with E-state index in [1.165, 1.54) is 4.90 Å². The zero-order valence-electron chi connectivity index (χ0n) is 20.8. The molecule has 1 aliphatic rings. The Bertz CT molecular complexity index is 1140. The van der Waals surface area contributed by atoms with Gasteiger partial charge in [0.05, 0.1) is 12.5 Å². The Hall–Kier alpha value is -4.25. The fourth-order valence-corrected chi connectivity index (χ4v) is 4.43. The lowest BCUT2D eigenvalue weighted by Crippen LogP contribution is -2.58. The summed E-state index contributed by atoms with van der Waals surface area (Å²) in [4.78, 5) is 63.7. The molecule has 3 amide bonds. The maximum absolute atomic E-state index is 13.4. The molecule has 0 aliphatic carbocycles. The van der Waals surface area contributed by atoms with Crippen LogP contribution >= 0.6 is 0 Å². The van der Waals surface area contributed by atoms with Crippen molar-refractivity contribution in [1.82, 2.24) is 15.5 Å². The lowest BCUT2D eigenvalue weighted by atomic mass is 10.0. The second-order valence-electron chi connectivity index (χ2n) is 9.23. The number of rotatable bonds is 12. The van der Waals surface area contributed by atoms with Crippen molar-refractivity contribution in [3.8, 4) is 0 Å². The summed E-state index contributed by atoms with van der Waals surface area (Å²) >= 11 is 0. The third kappa shape index (κ3) is 7.87. The average Bonchev–Trinajstić information content (AvgIpc) is 3.39. The first-order valence-electron chi connectivity index (χ1n) is 12.3. The average molecular weight is 525 g/mol. The van der Waals surface area contributed by atoms with E-state index >= 15 is 0 Å². The van der Waals surface area contributed by atoms with Crippen LogP contribution in [0.3, 0.4) is 0 Å². The molecule has 0 radical (unpaired) electrons. The minimum atomic E-state index is -1.50. The number of nitrogens with one attached hydrogen (secondary N) is 2. The van der Waals surface area contributed by atoms with Gasteiger partial charge in [0.15, 0.2) is 0 Å². The van der Waals surface area contributed by atoms with Crippen LogP contribution in [0.2, 0.25) is 0 Å². The van der Waals surface area contributed by atoms with E-state index in [4.69, 9.17) is 5.73 Å². The normalized spacial score (nSPS) is 17.2. The van der Waals surface area contributed by atoms with Gasteiger partial charge < -0.3 is 31.5 Å². The Balaban J connectivity index is 1.77. The number of carbonyl (C=O) groups excluding carboxylic acids is 3. The van der Waals surface area contributed by atoms with E-state index in [9.17, 15) is 34.2 Å². The fourth-order valence-electron chi connectivity index (χ4n) is 4.43. The summed E-state index contributed by atoms with van der Waals surface area (Å²) < 4.78 is 0. The van der Waals surface area contributed by atoms with Crippen LogP contribution < -0.4 is 16.4 Å². The zero-order valence-corrected chi connectivity index (χ0v) is 20.8. The van der Waals surface area contributed by atoms with Gasteiger partial charge in [0.25, 0.3) is 0 Å². The van der Waals surface area contributed by atoms with Crippen LogP contribution in [0.25, 0.3) is 0 Å². The highest BCUT2D eigenvalue weighted by atomic mass is 16.4. The second-order valence-corrected chi connectivity index (χ2v) is 9.23. The maximum Gasteiger partial charge on any atom is 0.326 e. The number of likely N-dealkylation sites (tertiary alicyclic amines) is 1. The SMILES string of the molecule is NC(Cc1ccccc1)C(=O)NC(CC(=O)O)C(=O)NC(Cc1ccccc1)C(=O)N1CCCC1C(=O)O. The van der Waals surface area contributed by atoms with E-state index in [0.717, 1.165) is 5.56 Å². The molecule has 202 valence electrons. The van der Waals surface area contributed by atoms with Crippen LogP contribution in [-0.2, 0) is 36.8 Å². The predicted octanol–water partition coefficient (Wildman–Crippen LogP) is 0.319. The topological polar surface area (TPSA) is 179 Å². The smallest absolute Gasteiger partial charge is 0.326 e. The molecule has 38 heavy (non-hydrogen) atoms. The van der Waals surface area contributed by atoms with E-state index < -0.39 is 60.2 Å². The minimum absolute atomic E-state index is 0.0511. The van der Waals surface area contributed by atoms with Gasteiger partial charge in [-0.2, -0.15) is 0 Å². The van der Waals surface area contributed by atoms with Gasteiger partial charge >= 0.3 is 11.9 Å². The molecule has 11 heteroatoms. The molecule has 1 aliphatic heterocycles. The van der Waals surface area contributed by atoms with Gasteiger partial charge in [0.2, 0.25) is 17.7 Å². The third-order valence-corrected chi connectivity index (χ3v) is 6.37. The van der Waals surface area contributed by atoms with Crippen LogP contribution in [0, 0.1) is 0 Å². The Labute approximate surface area is 220 Å². The van der Waals surface area contributed by atoms with E-state index in [0.29, 0.717) is 18.4 Å². The molecule has 4 unspecified atom stereocenters. The van der Waals surface area contributed by atoms with E-state index in [1.807, 2.05) is 6.07 Å². The van der Waals surface area contributed by atoms with Crippen molar-refractivity contribution < 1.29 is 34.2 Å². The van der Waals surface area contributed by atoms with Crippen molar-refractivity contribution in [2.45, 2.75) is 56.3 Å². The van der Waals surface area contributed by atoms with Crippen LogP contribution in [0.1, 0.15) is 30.4 Å². The number of benzene rings is 2. The number of carbonyl (C=O) groups is 5. The van der Waals surface area contributed by atoms with E-state index in [1.54, 1.807) is 54.6 Å². The number of aliphatic carboxylic acids is 2. The summed E-state index contributed by atoms with van der Waals surface area (Å²) in [6, 6.07) is 13.1. The molecule has 11 nitrogen and oxygen atoms in total. The summed E-state index contributed by atoms with van der Waals surface area (Å²) in [7, 11) is 0. The quantitative estimate of drug-likeness (QED) is 0.263. The van der Waals surface area contributed by atoms with Crippen molar-refractivity contribution in [3.63, 3.8) is 0 Å². The highest BCUT2D eigenvalue weighted by Crippen LogP contribution is 2.20. The lowest BCUT2D eigenvalue weighted by molar-refractivity contribution is -0.149. The monoisotopic (exact) mass is 524 g/mol. The molecular formula is C27H32N4O7. The Morgan fingerprint density at radius 3 is 1.95 bits per heavy atom. The number of nitrogens with two attached hydrogens (primary N) is 1. The third-order valence-electron chi connectivity index (χ3n) is 6.37. The van der Waals surface area contributed by atoms with Crippen molar-refractivity contribution >= 4 is 29.7 Å². The number of nitrogens with zero attached hydrogens (tertiary/aromatic N) is 1. The number of carboxylic acids is 2. The van der Waals surface area contributed by atoms with Gasteiger partial charge in [-0.15, -0.1) is 0 Å². The number of hydrogen-bond acceptors (Lipinski definition) is 6. The van der Waals surface area contributed by atoms with Crippen molar-refractivity contribution in [2.24, 2.45) is 5.73 Å². The Kier molecular flexibility index (Phi) is 9.94. The molecular weight excluding hydrogens is 492 g/mol. The van der Waals surface area contributed by atoms with Gasteiger partial charge in [0, 0.05) is 13.0 Å². The Morgan fingerprint density at radius 1 is 0.842 bits per heavy atom. The molecule has 0 spiro atoms. The second kappa shape index (κ2) is 13.3. The van der Waals surface area contributed by atoms with Crippen molar-refractivity contribution in [2.75, 3.05) is 6.54 Å². The summed E-state index contributed by atoms with van der Waals surface area (Å²) in [5.74, 6) is -4.66. The molecule has 0 bridgehead atoms. The number of hydrogen-bond donors (Lipinski definition) is 5. The van der Waals surface area contributed by atoms with E-state index in [2.05, 4.69) is 10.6 Å². The van der Waals surface area contributed by atoms with Gasteiger partial charge in [-0.25, -0.2) is 4.79 Å². The molecule has 3 rings (SSSR count). The standard InChI is InChI=1S/C27H32N4O7/c28-19(14-17-8-3-1-4-9-17)24(34)29-20(16-23(32)33)25(35)30-21(15-18-10-5-2-6-11-18)26(36)31-13-7-12-22(31)27(37)38/h1-6,8-11,19-22H,7,12-16,28H2,(H,29,34)(H,30,35)(H,32,33)(H,37,38). The van der Waals surface area contributed by atoms with Gasteiger partial charge in [-0.3, -0.25) is 19.2 Å². The van der Waals surface area contributed by atoms with Crippen molar-refractivity contribution in [3.05, 3.63) is 71.8 Å². The minimum Gasteiger partial charge on any atom is -0.481 e. The Morgan fingerprint density at radius 2 is 1.39 bits per heavy atom. The van der Waals surface area contributed by atoms with Gasteiger partial charge in [0.1, 0.15) is 18.1 Å². The zero-order chi connectivity index (χ0) is 27.7. The molecule has 6 N–H and O–H groups in total. The van der Waals surface area contributed by atoms with Crippen LogP contribution in [0.4, 0.5) is 0 Å². The summed E-state index contributed by atoms with van der Waals surface area (Å²) in [5, 5.41) is 23.8. The molecule has 4 atom stereocenters. The summed E-state index contributed by atoms with van der Waals surface area (Å²) in [6.07, 6.45) is 0.295. The highest BCUT2D eigenvalue weighted by molar-refractivity contribution is 5.96. The highest BCUT2D eigenvalue weighted by Gasteiger charge is 2.38. The number of carboxylic acid groups (broad SMARTS) is 2. The van der Waals surface area contributed by atoms with E-state index in [-0.39, 0.29) is 19.4 Å². The molecule has 1 fully saturated rings. The van der Waals surface area contributed by atoms with Crippen LogP contribution in [0.5, 0.6) is 0 Å². The van der Waals surface area contributed by atoms with Crippen molar-refractivity contribution in [1.29, 1.82) is 0 Å². The number of amides is 3. The van der Waals surface area contributed by atoms with Gasteiger partial charge in [-0.1, -0.05) is 60.7 Å². The fraction of sp³-hybridized carbons (Fsp3) is 0.370. The largest absolute Gasteiger partial charge is 0.481 e. The molecule has 2 aromatic rings. The lowest BCUT2D eigenvalue weighted by Gasteiger charge is -2.29. The first-order valence-corrected chi connectivity index (χ1v) is 12.3. The predicted molar refractivity (Wildman–Crippen MR) is 137 cm³/mol. The molecule has 2 aromatic carbocycles. The van der Waals surface area contributed by atoms with Gasteiger partial charge in [-0.05, 0) is 30.4 Å². The maximum atomic E-state index is 13.4. The first kappa shape index (κ1) is 28.3. The molecule has 1 heterocycles. The van der Waals surface area contributed by atoms with Crippen LogP contribution in [0.15, 0.2) is 60.7 Å². The molecule has 0 saturated carbocycles. The first-order chi connectivity index (χ1) is 18.2.